The molecule has 0 atom stereocenters. The number of anilines is 1. The van der Waals surface area contributed by atoms with Crippen LogP contribution in [0.25, 0.3) is 5.69 Å². The monoisotopic (exact) mass is 519 g/mol. The number of piperazine rings is 1. The Morgan fingerprint density at radius 3 is 2.41 bits per heavy atom. The van der Waals surface area contributed by atoms with Crippen LogP contribution in [0.15, 0.2) is 42.5 Å². The molecule has 1 aromatic heterocycles. The molecule has 34 heavy (non-hydrogen) atoms. The van der Waals surface area contributed by atoms with Crippen LogP contribution in [0, 0.1) is 6.92 Å². The molecule has 3 aromatic rings. The summed E-state index contributed by atoms with van der Waals surface area (Å²) in [5.74, 6) is 0.699. The Kier molecular flexibility index (Phi) is 8.04. The lowest BCUT2D eigenvalue weighted by Crippen LogP contribution is -2.48. The quantitative estimate of drug-likeness (QED) is 0.462. The first-order valence-electron chi connectivity index (χ1n) is 11.4. The molecule has 2 aromatic carbocycles. The highest BCUT2D eigenvalue weighted by molar-refractivity contribution is 6.43. The second-order valence-electron chi connectivity index (χ2n) is 8.28. The van der Waals surface area contributed by atoms with Gasteiger partial charge in [0.15, 0.2) is 0 Å². The molecule has 1 amide bonds. The molecule has 1 N–H and O–H groups in total. The van der Waals surface area contributed by atoms with E-state index in [-0.39, 0.29) is 5.91 Å². The van der Waals surface area contributed by atoms with Crippen molar-refractivity contribution in [3.05, 3.63) is 74.7 Å². The number of imidazole rings is 1. The summed E-state index contributed by atoms with van der Waals surface area (Å²) in [7, 11) is 0. The fraction of sp³-hybridized carbons (Fsp3) is 0.360. The van der Waals surface area contributed by atoms with E-state index < -0.39 is 0 Å². The van der Waals surface area contributed by atoms with Gasteiger partial charge in [0.25, 0.3) is 5.91 Å². The van der Waals surface area contributed by atoms with Crippen molar-refractivity contribution in [2.45, 2.75) is 20.3 Å². The number of aryl methyl sites for hydroxylation is 1. The van der Waals surface area contributed by atoms with Gasteiger partial charge in [-0.25, -0.2) is 4.98 Å². The Bertz CT molecular complexity index is 1150. The van der Waals surface area contributed by atoms with Crippen LogP contribution in [0.1, 0.15) is 28.9 Å². The number of nitrogens with zero attached hydrogens (tertiary/aromatic N) is 4. The fourth-order valence-corrected chi connectivity index (χ4v) is 4.85. The van der Waals surface area contributed by atoms with Crippen molar-refractivity contribution in [1.82, 2.24) is 19.8 Å². The van der Waals surface area contributed by atoms with E-state index in [0.717, 1.165) is 62.0 Å². The molecule has 0 saturated carbocycles. The zero-order valence-electron chi connectivity index (χ0n) is 19.3. The second kappa shape index (κ2) is 11.0. The molecular formula is C25H28Cl3N5O. The van der Waals surface area contributed by atoms with Gasteiger partial charge in [-0.2, -0.15) is 0 Å². The summed E-state index contributed by atoms with van der Waals surface area (Å²) in [6.07, 6.45) is 0.720. The third-order valence-corrected chi connectivity index (χ3v) is 7.21. The summed E-state index contributed by atoms with van der Waals surface area (Å²) in [4.78, 5) is 22.1. The van der Waals surface area contributed by atoms with Crippen molar-refractivity contribution in [1.29, 1.82) is 0 Å². The Hall–Kier alpha value is -2.25. The van der Waals surface area contributed by atoms with Crippen molar-refractivity contribution in [2.75, 3.05) is 44.2 Å². The molecule has 2 heterocycles. The van der Waals surface area contributed by atoms with E-state index in [0.29, 0.717) is 27.3 Å². The zero-order valence-corrected chi connectivity index (χ0v) is 21.6. The summed E-state index contributed by atoms with van der Waals surface area (Å²) >= 11 is 18.6. The first-order chi connectivity index (χ1) is 16.4. The Morgan fingerprint density at radius 2 is 1.74 bits per heavy atom. The van der Waals surface area contributed by atoms with Gasteiger partial charge in [0.2, 0.25) is 0 Å². The van der Waals surface area contributed by atoms with Gasteiger partial charge in [-0.05, 0) is 43.3 Å². The molecule has 0 spiro atoms. The van der Waals surface area contributed by atoms with E-state index in [1.165, 1.54) is 0 Å². The van der Waals surface area contributed by atoms with Gasteiger partial charge in [-0.3, -0.25) is 9.69 Å². The first-order valence-corrected chi connectivity index (χ1v) is 12.6. The molecule has 1 aliphatic heterocycles. The van der Waals surface area contributed by atoms with Gasteiger partial charge in [-0.15, -0.1) is 0 Å². The number of rotatable bonds is 7. The minimum Gasteiger partial charge on any atom is -0.368 e. The average Bonchev–Trinajstić information content (AvgIpc) is 3.18. The van der Waals surface area contributed by atoms with E-state index >= 15 is 0 Å². The van der Waals surface area contributed by atoms with Crippen molar-refractivity contribution in [3.8, 4) is 5.69 Å². The van der Waals surface area contributed by atoms with Crippen LogP contribution in [0.5, 0.6) is 0 Å². The fourth-order valence-electron chi connectivity index (χ4n) is 4.30. The van der Waals surface area contributed by atoms with Gasteiger partial charge in [-0.1, -0.05) is 47.8 Å². The minimum absolute atomic E-state index is 0.149. The van der Waals surface area contributed by atoms with Gasteiger partial charge in [0.05, 0.1) is 21.4 Å². The number of aromatic nitrogens is 2. The number of amides is 1. The molecule has 1 fully saturated rings. The molecule has 180 valence electrons. The maximum Gasteiger partial charge on any atom is 0.271 e. The SMILES string of the molecule is CCc1nc(C(=O)NCCN2CCN(c3cccc(Cl)c3Cl)CC2)c(C)n1-c1ccc(Cl)cc1. The summed E-state index contributed by atoms with van der Waals surface area (Å²) in [6, 6.07) is 13.3. The van der Waals surface area contributed by atoms with E-state index in [1.807, 2.05) is 54.8 Å². The van der Waals surface area contributed by atoms with Crippen LogP contribution in [-0.2, 0) is 6.42 Å². The second-order valence-corrected chi connectivity index (χ2v) is 9.51. The number of hydrogen-bond acceptors (Lipinski definition) is 4. The predicted molar refractivity (Wildman–Crippen MR) is 140 cm³/mol. The molecule has 1 saturated heterocycles. The topological polar surface area (TPSA) is 53.4 Å². The van der Waals surface area contributed by atoms with E-state index in [1.54, 1.807) is 6.07 Å². The Morgan fingerprint density at radius 1 is 1.03 bits per heavy atom. The highest BCUT2D eigenvalue weighted by Gasteiger charge is 2.22. The van der Waals surface area contributed by atoms with Gasteiger partial charge >= 0.3 is 0 Å². The molecule has 4 rings (SSSR count). The van der Waals surface area contributed by atoms with Crippen molar-refractivity contribution >= 4 is 46.4 Å². The molecule has 1 aliphatic rings. The van der Waals surface area contributed by atoms with Crippen molar-refractivity contribution < 1.29 is 4.79 Å². The normalized spacial score (nSPS) is 14.4. The lowest BCUT2D eigenvalue weighted by molar-refractivity contribution is 0.0942. The smallest absolute Gasteiger partial charge is 0.271 e. The maximum absolute atomic E-state index is 12.9. The largest absolute Gasteiger partial charge is 0.368 e. The standard InChI is InChI=1S/C25H28Cl3N5O/c1-3-22-30-24(17(2)33(22)19-9-7-18(26)8-10-19)25(34)29-11-12-31-13-15-32(16-14-31)21-6-4-5-20(27)23(21)28/h4-10H,3,11-16H2,1-2H3,(H,29,34). The molecule has 0 bridgehead atoms. The number of hydrogen-bond donors (Lipinski definition) is 1. The number of carbonyl (C=O) groups is 1. The Balaban J connectivity index is 1.32. The number of benzene rings is 2. The highest BCUT2D eigenvalue weighted by atomic mass is 35.5. The summed E-state index contributed by atoms with van der Waals surface area (Å²) in [5.41, 5.74) is 3.21. The van der Waals surface area contributed by atoms with Crippen LogP contribution < -0.4 is 10.2 Å². The van der Waals surface area contributed by atoms with Crippen LogP contribution in [0.4, 0.5) is 5.69 Å². The van der Waals surface area contributed by atoms with Crippen LogP contribution in [0.3, 0.4) is 0 Å². The molecule has 0 aliphatic carbocycles. The lowest BCUT2D eigenvalue weighted by Gasteiger charge is -2.36. The predicted octanol–water partition coefficient (Wildman–Crippen LogP) is 5.26. The number of carbonyl (C=O) groups excluding carboxylic acids is 1. The van der Waals surface area contributed by atoms with Crippen LogP contribution in [0.2, 0.25) is 15.1 Å². The van der Waals surface area contributed by atoms with Gasteiger partial charge < -0.3 is 14.8 Å². The van der Waals surface area contributed by atoms with E-state index in [2.05, 4.69) is 20.1 Å². The summed E-state index contributed by atoms with van der Waals surface area (Å²) < 4.78 is 2.02. The maximum atomic E-state index is 12.9. The van der Waals surface area contributed by atoms with Crippen LogP contribution in [-0.4, -0.2) is 59.6 Å². The van der Waals surface area contributed by atoms with Crippen LogP contribution >= 0.6 is 34.8 Å². The minimum atomic E-state index is -0.149. The van der Waals surface area contributed by atoms with Gasteiger partial charge in [0.1, 0.15) is 11.5 Å². The highest BCUT2D eigenvalue weighted by Crippen LogP contribution is 2.32. The van der Waals surface area contributed by atoms with E-state index in [4.69, 9.17) is 34.8 Å². The van der Waals surface area contributed by atoms with Gasteiger partial charge in [0, 0.05) is 56.4 Å². The average molecular weight is 521 g/mol. The van der Waals surface area contributed by atoms with Crippen molar-refractivity contribution in [2.24, 2.45) is 0 Å². The Labute approximate surface area is 215 Å². The van der Waals surface area contributed by atoms with E-state index in [9.17, 15) is 4.79 Å². The molecule has 0 radical (unpaired) electrons. The summed E-state index contributed by atoms with van der Waals surface area (Å²) in [5, 5.41) is 4.89. The lowest BCUT2D eigenvalue weighted by atomic mass is 10.2. The summed E-state index contributed by atoms with van der Waals surface area (Å²) in [6.45, 7) is 8.80. The third kappa shape index (κ3) is 5.36. The first kappa shape index (κ1) is 24.9. The zero-order chi connectivity index (χ0) is 24.2. The van der Waals surface area contributed by atoms with Crippen molar-refractivity contribution in [3.63, 3.8) is 0 Å². The molecule has 6 nitrogen and oxygen atoms in total. The third-order valence-electron chi connectivity index (χ3n) is 6.15. The molecule has 0 unspecified atom stereocenters. The molecule has 9 heteroatoms. The number of halogens is 3. The number of nitrogens with one attached hydrogen (secondary N) is 1. The molecular weight excluding hydrogens is 493 g/mol.